The number of phenols is 1. The molecule has 2 aromatic carbocycles. The second kappa shape index (κ2) is 6.84. The Labute approximate surface area is 144 Å². The molecule has 0 aliphatic rings. The minimum absolute atomic E-state index is 0.298. The normalized spacial score (nSPS) is 11.1. The lowest BCUT2D eigenvalue weighted by molar-refractivity contribution is 0.324. The van der Waals surface area contributed by atoms with Crippen molar-refractivity contribution in [1.82, 2.24) is 0 Å². The lowest BCUT2D eigenvalue weighted by Crippen LogP contribution is -1.95. The Kier molecular flexibility index (Phi) is 4.62. The van der Waals surface area contributed by atoms with E-state index in [-0.39, 0.29) is 0 Å². The van der Waals surface area contributed by atoms with Crippen LogP contribution >= 0.6 is 11.3 Å². The molecule has 24 heavy (non-hydrogen) atoms. The van der Waals surface area contributed by atoms with E-state index >= 15 is 0 Å². The average Bonchev–Trinajstić information content (AvgIpc) is 3.08. The largest absolute Gasteiger partial charge is 0.506 e. The van der Waals surface area contributed by atoms with Crippen molar-refractivity contribution in [3.63, 3.8) is 0 Å². The van der Waals surface area contributed by atoms with Crippen molar-refractivity contribution in [2.24, 2.45) is 0 Å². The molecule has 3 aromatic rings. The van der Waals surface area contributed by atoms with Crippen molar-refractivity contribution in [2.45, 2.75) is 0 Å². The first-order valence-corrected chi connectivity index (χ1v) is 8.22. The summed E-state index contributed by atoms with van der Waals surface area (Å²) >= 11 is 1.53. The van der Waals surface area contributed by atoms with Gasteiger partial charge >= 0.3 is 0 Å². The highest BCUT2D eigenvalue weighted by atomic mass is 32.1. The Bertz CT molecular complexity index is 871. The van der Waals surface area contributed by atoms with Gasteiger partial charge in [-0.15, -0.1) is 11.3 Å². The van der Waals surface area contributed by atoms with Gasteiger partial charge in [0.2, 0.25) is 5.75 Å². The minimum atomic E-state index is 0.298. The lowest BCUT2D eigenvalue weighted by atomic mass is 10.1. The molecule has 3 rings (SSSR count). The van der Waals surface area contributed by atoms with Gasteiger partial charge in [-0.1, -0.05) is 12.2 Å². The van der Waals surface area contributed by atoms with E-state index in [0.29, 0.717) is 23.0 Å². The van der Waals surface area contributed by atoms with Crippen LogP contribution < -0.4 is 14.2 Å². The van der Waals surface area contributed by atoms with Crippen LogP contribution in [0.1, 0.15) is 11.1 Å². The number of thiophene rings is 1. The zero-order chi connectivity index (χ0) is 17.1. The molecule has 0 aliphatic carbocycles. The average molecular weight is 342 g/mol. The lowest BCUT2D eigenvalue weighted by Gasteiger charge is -2.12. The van der Waals surface area contributed by atoms with E-state index < -0.39 is 0 Å². The molecular weight excluding hydrogens is 324 g/mol. The van der Waals surface area contributed by atoms with Crippen molar-refractivity contribution in [1.29, 1.82) is 0 Å². The van der Waals surface area contributed by atoms with Gasteiger partial charge in [-0.2, -0.15) is 0 Å². The third kappa shape index (κ3) is 3.03. The number of ether oxygens (including phenoxy) is 3. The van der Waals surface area contributed by atoms with E-state index in [0.717, 1.165) is 21.2 Å². The molecule has 124 valence electrons. The number of hydrogen-bond donors (Lipinski definition) is 1. The molecule has 0 spiro atoms. The first-order chi connectivity index (χ1) is 11.7. The summed E-state index contributed by atoms with van der Waals surface area (Å²) in [6.45, 7) is 0. The molecule has 0 fully saturated rings. The quantitative estimate of drug-likeness (QED) is 0.677. The molecule has 4 nitrogen and oxygen atoms in total. The van der Waals surface area contributed by atoms with Crippen molar-refractivity contribution in [2.75, 3.05) is 21.3 Å². The maximum Gasteiger partial charge on any atom is 0.203 e. The Hall–Kier alpha value is -2.66. The Morgan fingerprint density at radius 1 is 0.875 bits per heavy atom. The summed E-state index contributed by atoms with van der Waals surface area (Å²) < 4.78 is 16.9. The first-order valence-electron chi connectivity index (χ1n) is 7.34. The zero-order valence-corrected chi connectivity index (χ0v) is 14.5. The summed E-state index contributed by atoms with van der Waals surface area (Å²) in [6.07, 6.45) is 3.88. The van der Waals surface area contributed by atoms with Gasteiger partial charge < -0.3 is 19.3 Å². The summed E-state index contributed by atoms with van der Waals surface area (Å²) in [5.74, 6) is 2.07. The third-order valence-electron chi connectivity index (χ3n) is 3.71. The molecule has 1 heterocycles. The predicted molar refractivity (Wildman–Crippen MR) is 98.5 cm³/mol. The molecular formula is C19H18O4S. The molecule has 0 amide bonds. The molecule has 0 aliphatic heterocycles. The van der Waals surface area contributed by atoms with Crippen LogP contribution in [0.5, 0.6) is 23.0 Å². The number of hydrogen-bond acceptors (Lipinski definition) is 5. The number of phenolic OH excluding ortho intramolecular Hbond substituents is 1. The van der Waals surface area contributed by atoms with Crippen LogP contribution in [0, 0.1) is 0 Å². The monoisotopic (exact) mass is 342 g/mol. The molecule has 0 radical (unpaired) electrons. The highest BCUT2D eigenvalue weighted by Crippen LogP contribution is 2.39. The van der Waals surface area contributed by atoms with Gasteiger partial charge in [0.25, 0.3) is 0 Å². The minimum Gasteiger partial charge on any atom is -0.506 e. The fourth-order valence-electron chi connectivity index (χ4n) is 2.57. The second-order valence-corrected chi connectivity index (χ2v) is 6.09. The fraction of sp³-hybridized carbons (Fsp3) is 0.158. The van der Waals surface area contributed by atoms with Crippen molar-refractivity contribution in [3.05, 3.63) is 46.8 Å². The van der Waals surface area contributed by atoms with Gasteiger partial charge in [0.05, 0.1) is 26.0 Å². The second-order valence-electron chi connectivity index (χ2n) is 5.17. The smallest absolute Gasteiger partial charge is 0.203 e. The highest BCUT2D eigenvalue weighted by molar-refractivity contribution is 7.17. The van der Waals surface area contributed by atoms with E-state index in [1.807, 2.05) is 41.8 Å². The Morgan fingerprint density at radius 2 is 1.50 bits per heavy atom. The van der Waals surface area contributed by atoms with Gasteiger partial charge in [0, 0.05) is 0 Å². The van der Waals surface area contributed by atoms with Crippen LogP contribution in [0.3, 0.4) is 0 Å². The third-order valence-corrected chi connectivity index (χ3v) is 4.66. The molecule has 0 saturated carbocycles. The maximum atomic E-state index is 10.1. The highest BCUT2D eigenvalue weighted by Gasteiger charge is 2.12. The van der Waals surface area contributed by atoms with Crippen LogP contribution in [0.25, 0.3) is 22.2 Å². The van der Waals surface area contributed by atoms with Gasteiger partial charge in [-0.05, 0) is 52.2 Å². The van der Waals surface area contributed by atoms with Gasteiger partial charge in [-0.3, -0.25) is 0 Å². The van der Waals surface area contributed by atoms with Gasteiger partial charge in [-0.25, -0.2) is 0 Å². The topological polar surface area (TPSA) is 47.9 Å². The SMILES string of the molecule is COc1cc(/C=C/c2cc(O)c3sccc3c2)cc(OC)c1OC. The van der Waals surface area contributed by atoms with Crippen LogP contribution in [-0.2, 0) is 0 Å². The van der Waals surface area contributed by atoms with E-state index in [1.54, 1.807) is 27.4 Å². The number of rotatable bonds is 5. The summed E-state index contributed by atoms with van der Waals surface area (Å²) in [4.78, 5) is 0. The number of methoxy groups -OCH3 is 3. The standard InChI is InChI=1S/C19H18O4S/c1-21-16-10-13(11-17(22-2)18(16)23-3)5-4-12-8-14-6-7-24-19(14)15(20)9-12/h4-11,20H,1-3H3/b5-4+. The predicted octanol–water partition coefficient (Wildman–Crippen LogP) is 4.80. The summed E-state index contributed by atoms with van der Waals surface area (Å²) in [6, 6.07) is 9.55. The summed E-state index contributed by atoms with van der Waals surface area (Å²) in [5, 5.41) is 13.1. The van der Waals surface area contributed by atoms with Crippen molar-refractivity contribution >= 4 is 33.6 Å². The van der Waals surface area contributed by atoms with E-state index in [9.17, 15) is 5.11 Å². The number of fused-ring (bicyclic) bond motifs is 1. The first kappa shape index (κ1) is 16.2. The van der Waals surface area contributed by atoms with Crippen LogP contribution in [0.2, 0.25) is 0 Å². The van der Waals surface area contributed by atoms with E-state index in [2.05, 4.69) is 0 Å². The Balaban J connectivity index is 1.98. The zero-order valence-electron chi connectivity index (χ0n) is 13.7. The maximum absolute atomic E-state index is 10.1. The van der Waals surface area contributed by atoms with Crippen LogP contribution in [0.15, 0.2) is 35.7 Å². The van der Waals surface area contributed by atoms with Crippen LogP contribution in [-0.4, -0.2) is 26.4 Å². The van der Waals surface area contributed by atoms with E-state index in [4.69, 9.17) is 14.2 Å². The van der Waals surface area contributed by atoms with E-state index in [1.165, 1.54) is 11.3 Å². The van der Waals surface area contributed by atoms with Gasteiger partial charge in [0.1, 0.15) is 5.75 Å². The molecule has 0 bridgehead atoms. The molecule has 0 unspecified atom stereocenters. The Morgan fingerprint density at radius 3 is 2.08 bits per heavy atom. The summed E-state index contributed by atoms with van der Waals surface area (Å²) in [7, 11) is 4.76. The van der Waals surface area contributed by atoms with Gasteiger partial charge in [0.15, 0.2) is 11.5 Å². The molecule has 5 heteroatoms. The van der Waals surface area contributed by atoms with Crippen molar-refractivity contribution < 1.29 is 19.3 Å². The molecule has 1 aromatic heterocycles. The molecule has 1 N–H and O–H groups in total. The fourth-order valence-corrected chi connectivity index (χ4v) is 3.37. The molecule has 0 saturated heterocycles. The van der Waals surface area contributed by atoms with Crippen LogP contribution in [0.4, 0.5) is 0 Å². The number of aromatic hydroxyl groups is 1. The molecule has 0 atom stereocenters. The summed E-state index contributed by atoms with van der Waals surface area (Å²) in [5.41, 5.74) is 1.83. The van der Waals surface area contributed by atoms with Crippen molar-refractivity contribution in [3.8, 4) is 23.0 Å². The number of benzene rings is 2.